The van der Waals surface area contributed by atoms with Gasteiger partial charge in [0.05, 0.1) is 57.6 Å². The van der Waals surface area contributed by atoms with E-state index in [1.165, 1.54) is 63.8 Å². The number of likely N-dealkylation sites (N-methyl/N-ethyl adjacent to an activating group) is 1. The molecule has 10 rings (SSSR count). The van der Waals surface area contributed by atoms with Gasteiger partial charge in [0.25, 0.3) is 30.4 Å². The van der Waals surface area contributed by atoms with E-state index >= 15 is 4.39 Å². The second-order valence-electron chi connectivity index (χ2n) is 25.6. The van der Waals surface area contributed by atoms with Crippen LogP contribution >= 0.6 is 0 Å². The number of amides is 2. The normalized spacial score (nSPS) is 15.1. The van der Waals surface area contributed by atoms with Crippen molar-refractivity contribution in [3.05, 3.63) is 154 Å². The maximum Gasteiger partial charge on any atom is 0.295 e. The molecule has 530 valence electrons. The number of hydrogen-bond acceptors (Lipinski definition) is 17. The lowest BCUT2D eigenvalue weighted by Crippen LogP contribution is -2.28. The summed E-state index contributed by atoms with van der Waals surface area (Å²) in [5.74, 6) is 0.209. The number of methoxy groups -OCH3 is 3. The van der Waals surface area contributed by atoms with Crippen molar-refractivity contribution >= 4 is 118 Å². The number of nitrogens with zero attached hydrogens (tertiary/aromatic N) is 2. The first-order valence-corrected chi connectivity index (χ1v) is 38.0. The van der Waals surface area contributed by atoms with Crippen LogP contribution < -0.4 is 35.2 Å². The summed E-state index contributed by atoms with van der Waals surface area (Å²) in [6, 6.07) is 20.0. The van der Waals surface area contributed by atoms with E-state index in [0.29, 0.717) is 114 Å². The van der Waals surface area contributed by atoms with Gasteiger partial charge in [0.1, 0.15) is 50.4 Å². The van der Waals surface area contributed by atoms with Gasteiger partial charge in [-0.05, 0) is 142 Å². The number of nitrogens with one attached hydrogen (secondary N) is 2. The first-order valence-electron chi connectivity index (χ1n) is 32.3. The Morgan fingerprint density at radius 3 is 1.84 bits per heavy atom. The van der Waals surface area contributed by atoms with Gasteiger partial charge in [-0.15, -0.1) is 0 Å². The van der Waals surface area contributed by atoms with Gasteiger partial charge in [-0.25, -0.2) is 12.8 Å². The fraction of sp³-hybridized carbons (Fsp3) is 0.333. The van der Waals surface area contributed by atoms with Crippen molar-refractivity contribution in [1.82, 2.24) is 5.32 Å². The quantitative estimate of drug-likeness (QED) is 0.00999. The van der Waals surface area contributed by atoms with E-state index in [1.54, 1.807) is 48.6 Å². The van der Waals surface area contributed by atoms with E-state index in [0.717, 1.165) is 43.9 Å². The molecule has 7 aromatic carbocycles. The van der Waals surface area contributed by atoms with Crippen molar-refractivity contribution in [1.29, 1.82) is 0 Å². The number of benzene rings is 7. The SMILES string of the molecule is CCN1/C(=C/C=C/C=C/C2=[N+](CCCCCC(=O)NCCCCCCCCC(=O)Nc3cc(F)cc(-c4cc(=O)c5cc(OC)c6c(OC)ccc(OC)c6c5o4)c3)c3ccc4c(S(=O)(=O)[O-])cc(S(=O)(=O)O)cc4c3C2(C)C)C(C)(C)c2c1ccc1c(S(=O)(=O)O)cc(S(=O)(=O)O)cc21. The van der Waals surface area contributed by atoms with Crippen molar-refractivity contribution < 1.29 is 89.1 Å². The molecule has 0 spiro atoms. The molecule has 100 heavy (non-hydrogen) atoms. The zero-order valence-electron chi connectivity index (χ0n) is 56.2. The molecule has 2 aliphatic heterocycles. The second-order valence-corrected chi connectivity index (χ2v) is 31.2. The summed E-state index contributed by atoms with van der Waals surface area (Å²) in [7, 11) is -15.7. The molecule has 23 nitrogen and oxygen atoms in total. The highest BCUT2D eigenvalue weighted by atomic mass is 32.2. The van der Waals surface area contributed by atoms with E-state index in [2.05, 4.69) is 10.6 Å². The predicted molar refractivity (Wildman–Crippen MR) is 378 cm³/mol. The van der Waals surface area contributed by atoms with Gasteiger partial charge in [0.15, 0.2) is 16.7 Å². The maximum absolute atomic E-state index is 15.1. The standard InChI is InChI=1S/C72H77FN4O19S4/c1-9-76-53-28-26-48-50(37-46(97(81,82)83)39-60(48)99(87,88)89)68(53)71(2,3)62(76)22-16-14-17-23-63-72(4,5)69-51-38-47(98(84,85)86)40-61(100(90,91)92)49(51)27-29-54(69)77(63)33-21-15-19-24-64(79)74-32-20-13-11-10-12-18-25-65(80)75-45-35-43(34-44(73)36-45)58-42-55(78)52-41-59(95-8)66-56(93-6)30-31-57(94-7)67(66)70(52)96-58/h14,16-17,22-23,26-31,34-42H,9-13,15,18-21,24-25,32-33H2,1-8H3,(H5-,74,75,79,80,81,82,83,84,85,86,87,88,89,90,91,92). The molecule has 0 fully saturated rings. The number of fused-ring (bicyclic) bond motifs is 9. The van der Waals surface area contributed by atoms with Gasteiger partial charge in [-0.2, -0.15) is 29.8 Å². The summed E-state index contributed by atoms with van der Waals surface area (Å²) < 4.78 is 184. The Kier molecular flexibility index (Phi) is 21.4. The molecule has 2 aliphatic rings. The zero-order chi connectivity index (χ0) is 72.6. The average Bonchev–Trinajstić information content (AvgIpc) is 1.51. The highest BCUT2D eigenvalue weighted by Gasteiger charge is 2.46. The molecule has 2 amide bonds. The number of carbonyl (C=O) groups excluding carboxylic acids is 2. The van der Waals surface area contributed by atoms with E-state index < -0.39 is 82.1 Å². The topological polar surface area (TPSA) is 343 Å². The highest BCUT2D eigenvalue weighted by Crippen LogP contribution is 2.52. The third-order valence-corrected chi connectivity index (χ3v) is 21.8. The van der Waals surface area contributed by atoms with Crippen molar-refractivity contribution in [2.75, 3.05) is 51.2 Å². The molecule has 1 aromatic heterocycles. The summed E-state index contributed by atoms with van der Waals surface area (Å²) >= 11 is 0. The van der Waals surface area contributed by atoms with Gasteiger partial charge in [-0.3, -0.25) is 28.0 Å². The Labute approximate surface area is 579 Å². The van der Waals surface area contributed by atoms with Crippen LogP contribution in [0.1, 0.15) is 116 Å². The van der Waals surface area contributed by atoms with Gasteiger partial charge >= 0.3 is 0 Å². The molecule has 0 saturated heterocycles. The molecule has 5 N–H and O–H groups in total. The summed E-state index contributed by atoms with van der Waals surface area (Å²) in [5, 5.41) is 7.25. The molecule has 0 aliphatic carbocycles. The van der Waals surface area contributed by atoms with Crippen molar-refractivity contribution in [2.45, 2.75) is 136 Å². The van der Waals surface area contributed by atoms with Crippen LogP contribution in [0.4, 0.5) is 21.5 Å². The lowest BCUT2D eigenvalue weighted by molar-refractivity contribution is -0.438. The third kappa shape index (κ3) is 15.1. The van der Waals surface area contributed by atoms with Crippen molar-refractivity contribution in [3.8, 4) is 28.6 Å². The lowest BCUT2D eigenvalue weighted by Gasteiger charge is -2.26. The van der Waals surface area contributed by atoms with E-state index in [1.807, 2.05) is 56.2 Å². The average molecular weight is 1450 g/mol. The van der Waals surface area contributed by atoms with Crippen molar-refractivity contribution in [3.63, 3.8) is 0 Å². The van der Waals surface area contributed by atoms with Gasteiger partial charge in [-0.1, -0.05) is 63.8 Å². The summed E-state index contributed by atoms with van der Waals surface area (Å²) in [6.45, 7) is 10.7. The molecule has 8 aromatic rings. The van der Waals surface area contributed by atoms with Crippen molar-refractivity contribution in [2.24, 2.45) is 0 Å². The monoisotopic (exact) mass is 1450 g/mol. The van der Waals surface area contributed by atoms with Crippen LogP contribution in [0, 0.1) is 5.82 Å². The summed E-state index contributed by atoms with van der Waals surface area (Å²) in [4.78, 5) is 38.7. The number of anilines is 2. The summed E-state index contributed by atoms with van der Waals surface area (Å²) in [5.41, 5.74) is 2.01. The molecule has 0 saturated carbocycles. The Balaban J connectivity index is 0.744. The minimum Gasteiger partial charge on any atom is -0.744 e. The van der Waals surface area contributed by atoms with Crippen LogP contribution in [-0.4, -0.2) is 115 Å². The molecule has 28 heteroatoms. The Bertz CT molecular complexity index is 5330. The van der Waals surface area contributed by atoms with Crippen LogP contribution in [0.3, 0.4) is 0 Å². The molecule has 0 unspecified atom stereocenters. The van der Waals surface area contributed by atoms with Crippen LogP contribution in [-0.2, 0) is 60.9 Å². The summed E-state index contributed by atoms with van der Waals surface area (Å²) in [6.07, 6.45) is 15.9. The minimum absolute atomic E-state index is 0.0349. The first-order chi connectivity index (χ1) is 47.1. The van der Waals surface area contributed by atoms with E-state index in [-0.39, 0.29) is 74.2 Å². The molecular formula is C72H77FN4O19S4. The smallest absolute Gasteiger partial charge is 0.295 e. The van der Waals surface area contributed by atoms with Gasteiger partial charge in [0, 0.05) is 94.9 Å². The molecule has 0 radical (unpaired) electrons. The number of unbranched alkanes of at least 4 members (excludes halogenated alkanes) is 7. The third-order valence-electron chi connectivity index (χ3n) is 18.4. The van der Waals surface area contributed by atoms with Crippen LogP contribution in [0.15, 0.2) is 156 Å². The predicted octanol–water partition coefficient (Wildman–Crippen LogP) is 13.0. The Hall–Kier alpha value is -8.87. The molecule has 0 bridgehead atoms. The molecule has 0 atom stereocenters. The van der Waals surface area contributed by atoms with Crippen LogP contribution in [0.25, 0.3) is 54.6 Å². The molecule has 3 heterocycles. The maximum atomic E-state index is 15.1. The zero-order valence-corrected chi connectivity index (χ0v) is 59.5. The van der Waals surface area contributed by atoms with Gasteiger partial charge < -0.3 is 38.7 Å². The number of allylic oxidation sites excluding steroid dienone is 6. The lowest BCUT2D eigenvalue weighted by atomic mass is 9.79. The fourth-order valence-corrected chi connectivity index (χ4v) is 16.5. The minimum atomic E-state index is -5.26. The molecular weight excluding hydrogens is 1370 g/mol. The second kappa shape index (κ2) is 29.0. The number of hydrogen-bond donors (Lipinski definition) is 5. The van der Waals surface area contributed by atoms with E-state index in [4.69, 9.17) is 18.6 Å². The number of ether oxygens (including phenoxy) is 3. The van der Waals surface area contributed by atoms with Gasteiger partial charge in [0.2, 0.25) is 17.5 Å². The number of rotatable bonds is 28. The largest absolute Gasteiger partial charge is 0.744 e. The number of halogens is 1. The van der Waals surface area contributed by atoms with Crippen LogP contribution in [0.2, 0.25) is 0 Å². The first kappa shape index (κ1) is 73.8. The Morgan fingerprint density at radius 1 is 0.620 bits per heavy atom. The highest BCUT2D eigenvalue weighted by molar-refractivity contribution is 7.87. The Morgan fingerprint density at radius 2 is 1.21 bits per heavy atom. The number of carbonyl (C=O) groups is 2. The van der Waals surface area contributed by atoms with E-state index in [9.17, 15) is 66.3 Å². The fourth-order valence-electron chi connectivity index (χ4n) is 13.8. The van der Waals surface area contributed by atoms with Crippen LogP contribution in [0.5, 0.6) is 17.2 Å².